The Labute approximate surface area is 126 Å². The molecule has 2 aromatic rings. The van der Waals surface area contributed by atoms with Gasteiger partial charge in [0, 0.05) is 10.0 Å². The van der Waals surface area contributed by atoms with Crippen LogP contribution in [0.25, 0.3) is 0 Å². The number of rotatable bonds is 3. The highest BCUT2D eigenvalue weighted by molar-refractivity contribution is 9.10. The van der Waals surface area contributed by atoms with Gasteiger partial charge in [0.05, 0.1) is 10.6 Å². The van der Waals surface area contributed by atoms with E-state index in [4.69, 9.17) is 0 Å². The molecule has 0 fully saturated rings. The van der Waals surface area contributed by atoms with Crippen molar-refractivity contribution >= 4 is 31.6 Å². The normalized spacial score (nSPS) is 11.4. The SMILES string of the molecule is Cc1ccc(S(=O)(=O)Nc2ccc(F)c(C)c2Br)cc1. The highest BCUT2D eigenvalue weighted by Gasteiger charge is 2.17. The summed E-state index contributed by atoms with van der Waals surface area (Å²) in [6, 6.07) is 9.12. The number of anilines is 1. The van der Waals surface area contributed by atoms with Gasteiger partial charge < -0.3 is 0 Å². The molecule has 20 heavy (non-hydrogen) atoms. The minimum Gasteiger partial charge on any atom is -0.278 e. The lowest BCUT2D eigenvalue weighted by Gasteiger charge is -2.12. The summed E-state index contributed by atoms with van der Waals surface area (Å²) in [6.07, 6.45) is 0. The summed E-state index contributed by atoms with van der Waals surface area (Å²) in [4.78, 5) is 0.164. The molecular formula is C14H13BrFNO2S. The molecule has 6 heteroatoms. The molecule has 0 atom stereocenters. The van der Waals surface area contributed by atoms with Gasteiger partial charge in [-0.15, -0.1) is 0 Å². The smallest absolute Gasteiger partial charge is 0.261 e. The summed E-state index contributed by atoms with van der Waals surface area (Å²) < 4.78 is 40.7. The second-order valence-corrected chi connectivity index (χ2v) is 6.93. The first-order valence-corrected chi connectivity index (χ1v) is 8.13. The van der Waals surface area contributed by atoms with Crippen molar-refractivity contribution in [1.29, 1.82) is 0 Å². The van der Waals surface area contributed by atoms with Crippen LogP contribution in [0.15, 0.2) is 45.8 Å². The standard InChI is InChI=1S/C14H13BrFNO2S/c1-9-3-5-11(6-4-9)20(18,19)17-13-8-7-12(16)10(2)14(13)15/h3-8,17H,1-2H3. The van der Waals surface area contributed by atoms with Crippen molar-refractivity contribution in [2.24, 2.45) is 0 Å². The molecule has 106 valence electrons. The monoisotopic (exact) mass is 357 g/mol. The van der Waals surface area contributed by atoms with E-state index < -0.39 is 15.8 Å². The fourth-order valence-corrected chi connectivity index (χ4v) is 3.29. The Morgan fingerprint density at radius 3 is 2.25 bits per heavy atom. The number of nitrogens with one attached hydrogen (secondary N) is 1. The summed E-state index contributed by atoms with van der Waals surface area (Å²) in [5, 5.41) is 0. The van der Waals surface area contributed by atoms with E-state index in [-0.39, 0.29) is 4.90 Å². The molecule has 0 saturated heterocycles. The Balaban J connectivity index is 2.38. The molecule has 0 radical (unpaired) electrons. The van der Waals surface area contributed by atoms with Gasteiger partial charge in [0.2, 0.25) is 0 Å². The number of benzene rings is 2. The van der Waals surface area contributed by atoms with Gasteiger partial charge in [0.15, 0.2) is 0 Å². The third kappa shape index (κ3) is 3.02. The van der Waals surface area contributed by atoms with Crippen LogP contribution in [0.1, 0.15) is 11.1 Å². The maximum Gasteiger partial charge on any atom is 0.261 e. The predicted molar refractivity (Wildman–Crippen MR) is 80.8 cm³/mol. The molecule has 0 spiro atoms. The van der Waals surface area contributed by atoms with Crippen molar-refractivity contribution in [2.45, 2.75) is 18.7 Å². The number of sulfonamides is 1. The minimum absolute atomic E-state index is 0.164. The molecule has 0 aliphatic carbocycles. The van der Waals surface area contributed by atoms with Gasteiger partial charge in [-0.1, -0.05) is 17.7 Å². The van der Waals surface area contributed by atoms with Gasteiger partial charge in [-0.3, -0.25) is 4.72 Å². The zero-order valence-electron chi connectivity index (χ0n) is 10.9. The van der Waals surface area contributed by atoms with E-state index in [2.05, 4.69) is 20.7 Å². The van der Waals surface area contributed by atoms with Crippen molar-refractivity contribution in [3.63, 3.8) is 0 Å². The van der Waals surface area contributed by atoms with Gasteiger partial charge in [0.1, 0.15) is 5.82 Å². The molecule has 3 nitrogen and oxygen atoms in total. The molecule has 0 heterocycles. The highest BCUT2D eigenvalue weighted by atomic mass is 79.9. The summed E-state index contributed by atoms with van der Waals surface area (Å²) in [6.45, 7) is 3.45. The predicted octanol–water partition coefficient (Wildman–Crippen LogP) is 4.01. The van der Waals surface area contributed by atoms with Gasteiger partial charge >= 0.3 is 0 Å². The Morgan fingerprint density at radius 1 is 1.05 bits per heavy atom. The quantitative estimate of drug-likeness (QED) is 0.901. The molecule has 0 unspecified atom stereocenters. The van der Waals surface area contributed by atoms with E-state index in [1.54, 1.807) is 19.1 Å². The van der Waals surface area contributed by atoms with Crippen molar-refractivity contribution in [1.82, 2.24) is 0 Å². The summed E-state index contributed by atoms with van der Waals surface area (Å²) >= 11 is 3.20. The van der Waals surface area contributed by atoms with Gasteiger partial charge in [-0.25, -0.2) is 12.8 Å². The first kappa shape index (κ1) is 15.0. The van der Waals surface area contributed by atoms with Crippen LogP contribution in [-0.4, -0.2) is 8.42 Å². The number of hydrogen-bond acceptors (Lipinski definition) is 2. The average molecular weight is 358 g/mol. The van der Waals surface area contributed by atoms with Gasteiger partial charge in [-0.2, -0.15) is 0 Å². The molecule has 0 aromatic heterocycles. The molecule has 0 aliphatic heterocycles. The largest absolute Gasteiger partial charge is 0.278 e. The summed E-state index contributed by atoms with van der Waals surface area (Å²) in [5.41, 5.74) is 1.64. The van der Waals surface area contributed by atoms with Crippen LogP contribution in [0.5, 0.6) is 0 Å². The maximum absolute atomic E-state index is 13.4. The minimum atomic E-state index is -3.68. The van der Waals surface area contributed by atoms with E-state index in [9.17, 15) is 12.8 Å². The van der Waals surface area contributed by atoms with Crippen LogP contribution >= 0.6 is 15.9 Å². The lowest BCUT2D eigenvalue weighted by atomic mass is 10.2. The highest BCUT2D eigenvalue weighted by Crippen LogP contribution is 2.29. The third-order valence-corrected chi connectivity index (χ3v) is 5.30. The molecule has 2 rings (SSSR count). The Hall–Kier alpha value is -1.40. The molecule has 0 amide bonds. The van der Waals surface area contributed by atoms with Crippen molar-refractivity contribution in [2.75, 3.05) is 4.72 Å². The fraction of sp³-hybridized carbons (Fsp3) is 0.143. The molecule has 2 aromatic carbocycles. The second-order valence-electron chi connectivity index (χ2n) is 4.45. The van der Waals surface area contributed by atoms with Crippen molar-refractivity contribution < 1.29 is 12.8 Å². The fourth-order valence-electron chi connectivity index (χ4n) is 1.66. The van der Waals surface area contributed by atoms with Crippen LogP contribution in [0.2, 0.25) is 0 Å². The van der Waals surface area contributed by atoms with Crippen LogP contribution in [0.3, 0.4) is 0 Å². The Morgan fingerprint density at radius 2 is 1.65 bits per heavy atom. The van der Waals surface area contributed by atoms with E-state index in [1.165, 1.54) is 24.3 Å². The van der Waals surface area contributed by atoms with E-state index in [1.807, 2.05) is 6.92 Å². The number of aryl methyl sites for hydroxylation is 1. The van der Waals surface area contributed by atoms with Crippen LogP contribution < -0.4 is 4.72 Å². The summed E-state index contributed by atoms with van der Waals surface area (Å²) in [7, 11) is -3.68. The topological polar surface area (TPSA) is 46.2 Å². The first-order chi connectivity index (χ1) is 9.31. The lowest BCUT2D eigenvalue weighted by molar-refractivity contribution is 0.600. The second kappa shape index (κ2) is 5.54. The van der Waals surface area contributed by atoms with Crippen LogP contribution in [0.4, 0.5) is 10.1 Å². The van der Waals surface area contributed by atoms with E-state index >= 15 is 0 Å². The number of hydrogen-bond donors (Lipinski definition) is 1. The average Bonchev–Trinajstić information content (AvgIpc) is 2.40. The lowest BCUT2D eigenvalue weighted by Crippen LogP contribution is -2.13. The van der Waals surface area contributed by atoms with Crippen LogP contribution in [-0.2, 0) is 10.0 Å². The molecule has 0 aliphatic rings. The Bertz CT molecular complexity index is 743. The molecular weight excluding hydrogens is 345 g/mol. The van der Waals surface area contributed by atoms with Crippen molar-refractivity contribution in [3.8, 4) is 0 Å². The first-order valence-electron chi connectivity index (χ1n) is 5.85. The number of halogens is 2. The molecule has 1 N–H and O–H groups in total. The van der Waals surface area contributed by atoms with Crippen LogP contribution in [0, 0.1) is 19.7 Å². The maximum atomic E-state index is 13.4. The molecule has 0 bridgehead atoms. The third-order valence-electron chi connectivity index (χ3n) is 2.90. The van der Waals surface area contributed by atoms with Crippen molar-refractivity contribution in [3.05, 3.63) is 57.8 Å². The van der Waals surface area contributed by atoms with E-state index in [0.717, 1.165) is 5.56 Å². The van der Waals surface area contributed by atoms with Gasteiger partial charge in [-0.05, 0) is 54.0 Å². The molecule has 0 saturated carbocycles. The summed E-state index contributed by atoms with van der Waals surface area (Å²) in [5.74, 6) is -0.393. The zero-order valence-corrected chi connectivity index (χ0v) is 13.3. The van der Waals surface area contributed by atoms with E-state index in [0.29, 0.717) is 15.7 Å². The van der Waals surface area contributed by atoms with Gasteiger partial charge in [0.25, 0.3) is 10.0 Å². The Kier molecular flexibility index (Phi) is 4.15. The zero-order chi connectivity index (χ0) is 14.9.